The molecule has 102 valence electrons. The summed E-state index contributed by atoms with van der Waals surface area (Å²) < 4.78 is 33.1. The molecule has 2 atom stereocenters. The van der Waals surface area contributed by atoms with Gasteiger partial charge in [-0.1, -0.05) is 0 Å². The number of rotatable bonds is 2. The molecule has 6 nitrogen and oxygen atoms in total. The Bertz CT molecular complexity index is 531. The maximum absolute atomic E-state index is 11.8. The van der Waals surface area contributed by atoms with Crippen LogP contribution in [0, 0.1) is 0 Å². The van der Waals surface area contributed by atoms with E-state index in [9.17, 15) is 8.42 Å². The molecule has 0 spiro atoms. The maximum Gasteiger partial charge on any atom is 0.182 e. The molecule has 0 amide bonds. The topological polar surface area (TPSA) is 85.5 Å². The number of nitrogens with zero attached hydrogens (tertiary/aromatic N) is 2. The molecule has 1 aromatic rings. The van der Waals surface area contributed by atoms with Crippen LogP contribution in [0.1, 0.15) is 13.8 Å². The van der Waals surface area contributed by atoms with Gasteiger partial charge in [0.25, 0.3) is 0 Å². The van der Waals surface area contributed by atoms with Gasteiger partial charge in [-0.25, -0.2) is 8.42 Å². The lowest BCUT2D eigenvalue weighted by atomic mass is 10.2. The van der Waals surface area contributed by atoms with Crippen molar-refractivity contribution in [2.24, 2.45) is 0 Å². The number of sulfone groups is 1. The lowest BCUT2D eigenvalue weighted by Gasteiger charge is -2.36. The van der Waals surface area contributed by atoms with Crippen molar-refractivity contribution in [3.8, 4) is 0 Å². The quantitative estimate of drug-likeness (QED) is 0.865. The summed E-state index contributed by atoms with van der Waals surface area (Å²) >= 11 is 1.13. The SMILES string of the molecule is C[C@@H]1CN(c2snc(N)c2S(C)(=O)=O)C[C@H](C)O1. The van der Waals surface area contributed by atoms with Gasteiger partial charge in [0, 0.05) is 19.3 Å². The molecule has 0 unspecified atom stereocenters. The lowest BCUT2D eigenvalue weighted by Crippen LogP contribution is -2.45. The minimum atomic E-state index is -3.36. The first-order valence-electron chi connectivity index (χ1n) is 5.64. The van der Waals surface area contributed by atoms with E-state index in [0.717, 1.165) is 17.8 Å². The van der Waals surface area contributed by atoms with Crippen LogP contribution in [0.3, 0.4) is 0 Å². The van der Waals surface area contributed by atoms with Crippen LogP contribution in [0.25, 0.3) is 0 Å². The second-order valence-corrected chi connectivity index (χ2v) is 7.34. The molecule has 0 bridgehead atoms. The highest BCUT2D eigenvalue weighted by Gasteiger charge is 2.30. The number of nitrogen functional groups attached to an aromatic ring is 1. The van der Waals surface area contributed by atoms with Gasteiger partial charge in [0.15, 0.2) is 15.7 Å². The van der Waals surface area contributed by atoms with Gasteiger partial charge in [0.2, 0.25) is 0 Å². The molecule has 1 fully saturated rings. The zero-order chi connectivity index (χ0) is 13.5. The summed E-state index contributed by atoms with van der Waals surface area (Å²) in [4.78, 5) is 2.14. The molecule has 8 heteroatoms. The smallest absolute Gasteiger partial charge is 0.182 e. The second-order valence-electron chi connectivity index (χ2n) is 4.64. The van der Waals surface area contributed by atoms with E-state index in [4.69, 9.17) is 10.5 Å². The number of aromatic nitrogens is 1. The van der Waals surface area contributed by atoms with Gasteiger partial charge in [-0.3, -0.25) is 0 Å². The molecule has 1 aliphatic heterocycles. The highest BCUT2D eigenvalue weighted by Crippen LogP contribution is 2.35. The molecule has 1 aromatic heterocycles. The minimum Gasteiger partial charge on any atom is -0.382 e. The van der Waals surface area contributed by atoms with Crippen LogP contribution in [-0.4, -0.2) is 44.3 Å². The third-order valence-corrected chi connectivity index (χ3v) is 4.93. The highest BCUT2D eigenvalue weighted by atomic mass is 32.2. The molecule has 2 rings (SSSR count). The van der Waals surface area contributed by atoms with Crippen molar-refractivity contribution in [1.29, 1.82) is 0 Å². The summed E-state index contributed by atoms with van der Waals surface area (Å²) in [6, 6.07) is 0. The Labute approximate surface area is 111 Å². The van der Waals surface area contributed by atoms with Crippen molar-refractivity contribution >= 4 is 32.2 Å². The van der Waals surface area contributed by atoms with Crippen LogP contribution in [0.4, 0.5) is 10.8 Å². The fourth-order valence-electron chi connectivity index (χ4n) is 2.18. The monoisotopic (exact) mass is 291 g/mol. The number of hydrogen-bond donors (Lipinski definition) is 1. The highest BCUT2D eigenvalue weighted by molar-refractivity contribution is 7.91. The lowest BCUT2D eigenvalue weighted by molar-refractivity contribution is -0.00514. The summed E-state index contributed by atoms with van der Waals surface area (Å²) in [5.74, 6) is 0.0873. The van der Waals surface area contributed by atoms with Crippen molar-refractivity contribution in [3.63, 3.8) is 0 Å². The first-order chi connectivity index (χ1) is 8.29. The molecule has 0 radical (unpaired) electrons. The van der Waals surface area contributed by atoms with Crippen molar-refractivity contribution < 1.29 is 13.2 Å². The van der Waals surface area contributed by atoms with Gasteiger partial charge in [-0.2, -0.15) is 4.37 Å². The summed E-state index contributed by atoms with van der Waals surface area (Å²) in [5.41, 5.74) is 5.67. The molecule has 0 aliphatic carbocycles. The predicted octanol–water partition coefficient (Wildman–Crippen LogP) is 0.742. The molecular weight excluding hydrogens is 274 g/mol. The molecule has 1 aliphatic rings. The second kappa shape index (κ2) is 4.67. The van der Waals surface area contributed by atoms with Gasteiger partial charge in [-0.15, -0.1) is 0 Å². The fourth-order valence-corrected chi connectivity index (χ4v) is 4.40. The number of ether oxygens (including phenoxy) is 1. The van der Waals surface area contributed by atoms with Gasteiger partial charge in [0.05, 0.1) is 12.2 Å². The van der Waals surface area contributed by atoms with Gasteiger partial charge >= 0.3 is 0 Å². The molecule has 18 heavy (non-hydrogen) atoms. The van der Waals surface area contributed by atoms with E-state index < -0.39 is 9.84 Å². The Kier molecular flexibility index (Phi) is 3.52. The normalized spacial score (nSPS) is 25.4. The third-order valence-electron chi connectivity index (χ3n) is 2.73. The Morgan fingerprint density at radius 3 is 2.44 bits per heavy atom. The van der Waals surface area contributed by atoms with E-state index >= 15 is 0 Å². The Hall–Kier alpha value is -0.860. The Morgan fingerprint density at radius 1 is 1.39 bits per heavy atom. The molecular formula is C10H17N3O3S2. The standard InChI is InChI=1S/C10H17N3O3S2/c1-6-4-13(5-7(2)16-6)10-8(18(3,14)15)9(11)12-17-10/h6-7H,4-5H2,1-3H3,(H2,11,12)/t6-,7+. The Morgan fingerprint density at radius 2 is 1.94 bits per heavy atom. The summed E-state index contributed by atoms with van der Waals surface area (Å²) in [7, 11) is -3.36. The number of hydrogen-bond acceptors (Lipinski definition) is 7. The Balaban J connectivity index is 2.40. The van der Waals surface area contributed by atoms with Crippen molar-refractivity contribution in [3.05, 3.63) is 0 Å². The molecule has 2 heterocycles. The molecule has 0 aromatic carbocycles. The summed E-state index contributed by atoms with van der Waals surface area (Å²) in [6.45, 7) is 5.23. The largest absolute Gasteiger partial charge is 0.382 e. The van der Waals surface area contributed by atoms with Crippen molar-refractivity contribution in [2.45, 2.75) is 31.0 Å². The van der Waals surface area contributed by atoms with Crippen molar-refractivity contribution in [1.82, 2.24) is 4.37 Å². The average molecular weight is 291 g/mol. The van der Waals surface area contributed by atoms with E-state index in [0.29, 0.717) is 18.1 Å². The molecule has 1 saturated heterocycles. The fraction of sp³-hybridized carbons (Fsp3) is 0.700. The van der Waals surface area contributed by atoms with Gasteiger partial charge < -0.3 is 15.4 Å². The first kappa shape index (κ1) is 13.6. The van der Waals surface area contributed by atoms with Crippen LogP contribution in [0.5, 0.6) is 0 Å². The minimum absolute atomic E-state index is 0.0597. The number of anilines is 2. The van der Waals surface area contributed by atoms with Crippen LogP contribution in [0.15, 0.2) is 4.90 Å². The zero-order valence-electron chi connectivity index (χ0n) is 10.6. The maximum atomic E-state index is 11.8. The average Bonchev–Trinajstić information content (AvgIpc) is 2.57. The predicted molar refractivity (Wildman–Crippen MR) is 71.9 cm³/mol. The number of nitrogens with two attached hydrogens (primary N) is 1. The third kappa shape index (κ3) is 2.60. The summed E-state index contributed by atoms with van der Waals surface area (Å²) in [5, 5.41) is 0.622. The van der Waals surface area contributed by atoms with Crippen LogP contribution in [0.2, 0.25) is 0 Å². The van der Waals surface area contributed by atoms with E-state index in [1.54, 1.807) is 0 Å². The van der Waals surface area contributed by atoms with E-state index in [-0.39, 0.29) is 22.9 Å². The molecule has 2 N–H and O–H groups in total. The summed E-state index contributed by atoms with van der Waals surface area (Å²) in [6.07, 6.45) is 1.28. The zero-order valence-corrected chi connectivity index (χ0v) is 12.2. The van der Waals surface area contributed by atoms with E-state index in [1.807, 2.05) is 18.7 Å². The van der Waals surface area contributed by atoms with Crippen molar-refractivity contribution in [2.75, 3.05) is 30.0 Å². The number of morpholine rings is 1. The van der Waals surface area contributed by atoms with Crippen LogP contribution < -0.4 is 10.6 Å². The van der Waals surface area contributed by atoms with Gasteiger partial charge in [0.1, 0.15) is 9.90 Å². The first-order valence-corrected chi connectivity index (χ1v) is 8.31. The van der Waals surface area contributed by atoms with E-state index in [1.165, 1.54) is 0 Å². The molecule has 0 saturated carbocycles. The van der Waals surface area contributed by atoms with E-state index in [2.05, 4.69) is 4.37 Å². The van der Waals surface area contributed by atoms with Gasteiger partial charge in [-0.05, 0) is 25.4 Å². The van der Waals surface area contributed by atoms with Crippen LogP contribution in [-0.2, 0) is 14.6 Å². The van der Waals surface area contributed by atoms with Crippen LogP contribution >= 0.6 is 11.5 Å².